The van der Waals surface area contributed by atoms with E-state index in [2.05, 4.69) is 41.5 Å². The Morgan fingerprint density at radius 2 is 0.713 bits per heavy atom. The lowest BCUT2D eigenvalue weighted by atomic mass is 9.73. The number of benzene rings is 4. The Bertz CT molecular complexity index is 3250. The zero-order chi connectivity index (χ0) is 75.4. The Kier molecular flexibility index (Phi) is 19.3. The molecule has 0 aromatic heterocycles. The maximum Gasteiger partial charge on any atom is 0.141 e. The van der Waals surface area contributed by atoms with Crippen molar-refractivity contribution in [3.8, 4) is 0 Å². The van der Waals surface area contributed by atoms with E-state index in [4.69, 9.17) is 20.6 Å². The lowest BCUT2D eigenvalue weighted by Crippen LogP contribution is -2.32. The monoisotopic (exact) mass is 1110 g/mol. The SMILES string of the molecule is [2H]C([2H])(c1ccc(C)cc1)[C@H](CC(C)(C)C)C(=O)C(C)(C)C.[2H]c1c([2H])c(C)c([2H])c([C@@H]([2H])[C@]([2H])(CC(C)(C)C)C(=O)C(C)(C)C)c1[2H].[2H]c1c([2H])c(C)c([2H])c([C@H]([2H])[C@H](CC(C)(C)C)C(=O)C(C)(C)C)c1[2H].[2H]c1cc(C)cc([2H])c1C[C@H](CC(C)(C)C)C(=O)C(C)(C)C. The van der Waals surface area contributed by atoms with Crippen molar-refractivity contribution < 1.29 is 39.7 Å². The molecule has 0 amide bonds. The van der Waals surface area contributed by atoms with E-state index in [-0.39, 0.29) is 110 Å². The van der Waals surface area contributed by atoms with Gasteiger partial charge in [-0.3, -0.25) is 19.2 Å². The number of ketones is 4. The average Bonchev–Trinajstić information content (AvgIpc) is 0.764. The summed E-state index contributed by atoms with van der Waals surface area (Å²) in [4.78, 5) is 51.8. The molecule has 80 heavy (non-hydrogen) atoms. The fraction of sp³-hybridized carbons (Fsp3) is 0.632. The summed E-state index contributed by atoms with van der Waals surface area (Å²) >= 11 is 0. The molecule has 4 aromatic rings. The van der Waals surface area contributed by atoms with Crippen LogP contribution in [0.2, 0.25) is 0 Å². The first-order valence-electron chi connectivity index (χ1n) is 36.6. The summed E-state index contributed by atoms with van der Waals surface area (Å²) in [6.07, 6.45) is -1.87. The van der Waals surface area contributed by atoms with Crippen molar-refractivity contribution in [2.75, 3.05) is 0 Å². The molecule has 4 aromatic carbocycles. The molecule has 0 N–H and O–H groups in total. The zero-order valence-corrected chi connectivity index (χ0v) is 55.5. The highest BCUT2D eigenvalue weighted by Crippen LogP contribution is 2.36. The summed E-state index contributed by atoms with van der Waals surface area (Å²) in [5, 5.41) is 0. The number of rotatable bonds is 16. The summed E-state index contributed by atoms with van der Waals surface area (Å²) < 4.78 is 124. The minimum absolute atomic E-state index is 0.00648. The van der Waals surface area contributed by atoms with E-state index in [1.165, 1.54) is 6.92 Å². The summed E-state index contributed by atoms with van der Waals surface area (Å²) in [7, 11) is 0. The normalized spacial score (nSPS) is 18.2. The van der Waals surface area contributed by atoms with Gasteiger partial charge in [0.1, 0.15) is 23.1 Å². The maximum atomic E-state index is 13.1. The van der Waals surface area contributed by atoms with Gasteiger partial charge in [-0.05, 0) is 123 Å². The summed E-state index contributed by atoms with van der Waals surface area (Å²) in [6.45, 7) is 53.2. The van der Waals surface area contributed by atoms with Gasteiger partial charge in [-0.15, -0.1) is 0 Å². The third-order valence-corrected chi connectivity index (χ3v) is 12.5. The topological polar surface area (TPSA) is 68.3 Å². The van der Waals surface area contributed by atoms with Gasteiger partial charge in [0, 0.05) is 52.2 Å². The quantitative estimate of drug-likeness (QED) is 0.112. The van der Waals surface area contributed by atoms with Gasteiger partial charge in [0.25, 0.3) is 0 Å². The van der Waals surface area contributed by atoms with Crippen LogP contribution < -0.4 is 0 Å². The molecule has 4 rings (SSSR count). The molecule has 448 valence electrons. The minimum atomic E-state index is -1.86. The van der Waals surface area contributed by atoms with Crippen molar-refractivity contribution in [1.82, 2.24) is 0 Å². The molecule has 0 saturated heterocycles. The van der Waals surface area contributed by atoms with Crippen molar-refractivity contribution in [3.05, 3.63) is 141 Å². The van der Waals surface area contributed by atoms with E-state index in [0.717, 1.165) is 17.5 Å². The Morgan fingerprint density at radius 1 is 0.375 bits per heavy atom. The van der Waals surface area contributed by atoms with Crippen molar-refractivity contribution in [1.29, 1.82) is 0 Å². The van der Waals surface area contributed by atoms with Gasteiger partial charge in [0.2, 0.25) is 0 Å². The molecule has 6 atom stereocenters. The summed E-state index contributed by atoms with van der Waals surface area (Å²) in [5.41, 5.74) is 0.646. The van der Waals surface area contributed by atoms with Gasteiger partial charge in [0.05, 0.1) is 13.7 Å². The van der Waals surface area contributed by atoms with Crippen LogP contribution in [0.5, 0.6) is 0 Å². The smallest absolute Gasteiger partial charge is 0.141 e. The molecule has 0 aliphatic rings. The van der Waals surface area contributed by atoms with Crippen LogP contribution in [0.3, 0.4) is 0 Å². The molecule has 0 bridgehead atoms. The van der Waals surface area contributed by atoms with Gasteiger partial charge in [0.15, 0.2) is 0 Å². The van der Waals surface area contributed by atoms with Gasteiger partial charge in [-0.25, -0.2) is 0 Å². The van der Waals surface area contributed by atoms with Crippen LogP contribution in [0.15, 0.2) is 96.8 Å². The lowest BCUT2D eigenvalue weighted by molar-refractivity contribution is -0.132. The molecule has 0 fully saturated rings. The predicted molar refractivity (Wildman–Crippen MR) is 348 cm³/mol. The molecule has 0 aliphatic carbocycles. The molecule has 0 aliphatic heterocycles. The van der Waals surface area contributed by atoms with Crippen LogP contribution in [-0.4, -0.2) is 23.1 Å². The standard InChI is InChI=1S/4C19H30O/c2*1-14-8-10-15(11-9-14)12-16(13-18(2,3)4)17(20)19(5,6)7;2*1-14-9-8-10-15(11-14)12-16(13-18(2,3)4)17(20)19(5,6)7/h4*8-11,16H,12-13H2,1-7H3/t4*16-/m1111/s1/i10D,11D;12D2;8D,9D,10D,11D,12D,16D;8D,9D,10D,11D,12D/t2m;12-,16-;12-,16+/m1110. The second-order valence-electron chi connectivity index (χ2n) is 31.2. The molecule has 0 spiro atoms. The van der Waals surface area contributed by atoms with Crippen LogP contribution in [0.25, 0.3) is 0 Å². The molecule has 0 saturated carbocycles. The maximum absolute atomic E-state index is 13.1. The molecular formula is C76H120O4. The molecule has 0 radical (unpaired) electrons. The van der Waals surface area contributed by atoms with Crippen LogP contribution in [0.4, 0.5) is 0 Å². The summed E-state index contributed by atoms with van der Waals surface area (Å²) in [5.74, 6) is -3.58. The van der Waals surface area contributed by atoms with Crippen molar-refractivity contribution in [2.24, 2.45) is 67.0 Å². The Balaban J connectivity index is 0.000000635. The molecule has 0 heterocycles. The van der Waals surface area contributed by atoms with Gasteiger partial charge in [-0.1, -0.05) is 285 Å². The number of Topliss-reactive ketones (excluding diaryl/α,β-unsaturated/α-hetero) is 4. The molecular weight excluding hydrogens is 977 g/mol. The van der Waals surface area contributed by atoms with E-state index in [1.54, 1.807) is 52.0 Å². The van der Waals surface area contributed by atoms with Gasteiger partial charge < -0.3 is 0 Å². The highest BCUT2D eigenvalue weighted by atomic mass is 16.1. The number of carbonyl (C=O) groups excluding carboxylic acids is 4. The van der Waals surface area contributed by atoms with E-state index >= 15 is 0 Å². The Hall–Kier alpha value is -4.44. The largest absolute Gasteiger partial charge is 0.299 e. The minimum Gasteiger partial charge on any atom is -0.299 e. The van der Waals surface area contributed by atoms with E-state index in [1.807, 2.05) is 130 Å². The first kappa shape index (κ1) is 51.2. The summed E-state index contributed by atoms with van der Waals surface area (Å²) in [6, 6.07) is 9.79. The first-order chi connectivity index (χ1) is 42.1. The predicted octanol–water partition coefficient (Wildman–Crippen LogP) is 20.8. The second-order valence-corrected chi connectivity index (χ2v) is 31.2. The van der Waals surface area contributed by atoms with Crippen LogP contribution in [-0.2, 0) is 44.8 Å². The molecule has 4 heteroatoms. The third kappa shape index (κ3) is 31.1. The highest BCUT2D eigenvalue weighted by molar-refractivity contribution is 5.88. The average molecular weight is 1110 g/mol. The number of hydrogen-bond acceptors (Lipinski definition) is 4. The first-order valence-corrected chi connectivity index (χ1v) is 28.9. The highest BCUT2D eigenvalue weighted by Gasteiger charge is 2.36. The van der Waals surface area contributed by atoms with Crippen LogP contribution in [0.1, 0.15) is 257 Å². The zero-order valence-electron chi connectivity index (χ0n) is 70.5. The number of carbonyl (C=O) groups is 4. The van der Waals surface area contributed by atoms with Crippen molar-refractivity contribution in [3.63, 3.8) is 0 Å². The van der Waals surface area contributed by atoms with Gasteiger partial charge >= 0.3 is 0 Å². The number of aryl methyl sites for hydroxylation is 2. The van der Waals surface area contributed by atoms with Crippen LogP contribution >= 0.6 is 0 Å². The van der Waals surface area contributed by atoms with E-state index in [9.17, 15) is 19.2 Å². The fourth-order valence-electron chi connectivity index (χ4n) is 8.79. The third-order valence-electron chi connectivity index (χ3n) is 12.5. The molecule has 4 nitrogen and oxygen atoms in total. The van der Waals surface area contributed by atoms with Crippen molar-refractivity contribution >= 4 is 23.1 Å². The van der Waals surface area contributed by atoms with Gasteiger partial charge in [-0.2, -0.15) is 0 Å². The van der Waals surface area contributed by atoms with E-state index in [0.29, 0.717) is 42.5 Å². The van der Waals surface area contributed by atoms with E-state index < -0.39 is 75.8 Å². The van der Waals surface area contributed by atoms with Crippen LogP contribution in [0, 0.1) is 94.7 Å². The van der Waals surface area contributed by atoms with Crippen molar-refractivity contribution in [2.45, 2.75) is 245 Å². The fourth-order valence-corrected chi connectivity index (χ4v) is 8.79. The Labute approximate surface area is 514 Å². The molecule has 0 unspecified atom stereocenters. The number of hydrogen-bond donors (Lipinski definition) is 0. The Morgan fingerprint density at radius 3 is 1.10 bits per heavy atom. The second kappa shape index (κ2) is 30.2. The lowest BCUT2D eigenvalue weighted by Gasteiger charge is -2.30.